The molecule has 1 aliphatic heterocycles. The van der Waals surface area contributed by atoms with Crippen LogP contribution >= 0.6 is 0 Å². The van der Waals surface area contributed by atoms with Crippen molar-refractivity contribution in [3.05, 3.63) is 48.0 Å². The van der Waals surface area contributed by atoms with E-state index in [1.54, 1.807) is 14.7 Å². The van der Waals surface area contributed by atoms with Crippen LogP contribution in [-0.4, -0.2) is 189 Å². The Hall–Kier alpha value is -5.73. The number of hydrogen-bond acceptors (Lipinski definition) is 20. The molecule has 0 aromatic heterocycles. The van der Waals surface area contributed by atoms with Crippen molar-refractivity contribution in [2.45, 2.75) is 82.3 Å². The maximum atomic E-state index is 13.8. The number of nitrogens with zero attached hydrogens (tertiary/aromatic N) is 4. The monoisotopic (exact) mass is 1220 g/mol. The number of carboxylic acid groups (broad SMARTS) is 6. The molecule has 2 aromatic carbocycles. The molecule has 0 radical (unpaired) electrons. The molecule has 420 valence electrons. The van der Waals surface area contributed by atoms with Crippen LogP contribution in [0.3, 0.4) is 0 Å². The normalized spacial score (nSPS) is 18.5. The van der Waals surface area contributed by atoms with Gasteiger partial charge in [-0.25, -0.2) is 4.79 Å². The second-order valence-electron chi connectivity index (χ2n) is 18.7. The minimum absolute atomic E-state index is 0. The number of nitrogens with one attached hydrogen (secondary N) is 5. The number of unbranched alkanes of at least 4 members (excludes halogenated alkanes) is 1. The predicted octanol–water partition coefficient (Wildman–Crippen LogP) is -8.05. The first-order valence-electron chi connectivity index (χ1n) is 24.7. The summed E-state index contributed by atoms with van der Waals surface area (Å²) in [4.78, 5) is 128. The Morgan fingerprint density at radius 3 is 1.53 bits per heavy atom. The third kappa shape index (κ3) is 24.7. The molecule has 1 saturated heterocycles. The van der Waals surface area contributed by atoms with Gasteiger partial charge in [0, 0.05) is 103 Å². The molecule has 2 aliphatic rings. The van der Waals surface area contributed by atoms with Crippen molar-refractivity contribution in [1.82, 2.24) is 46.2 Å². The molecule has 0 spiro atoms. The summed E-state index contributed by atoms with van der Waals surface area (Å²) in [6.45, 7) is 0.581. The zero-order chi connectivity index (χ0) is 54.2. The number of hydrogen-bond donors (Lipinski definition) is 5. The van der Waals surface area contributed by atoms with E-state index < -0.39 is 104 Å². The maximum Gasteiger partial charge on any atom is 3.00 e. The van der Waals surface area contributed by atoms with E-state index in [0.29, 0.717) is 32.2 Å². The van der Waals surface area contributed by atoms with Gasteiger partial charge in [0.25, 0.3) is 0 Å². The van der Waals surface area contributed by atoms with E-state index >= 15 is 0 Å². The number of carbonyl (C=O) groups excluding carboxylic acids is 10. The van der Waals surface area contributed by atoms with Crippen LogP contribution < -0.4 is 57.2 Å². The second-order valence-corrected chi connectivity index (χ2v) is 18.7. The number of carbonyl (C=O) groups is 10. The first-order chi connectivity index (χ1) is 35.2. The summed E-state index contributed by atoms with van der Waals surface area (Å²) >= 11 is 0. The number of urea groups is 1. The summed E-state index contributed by atoms with van der Waals surface area (Å²) in [6, 6.07) is 7.88. The molecule has 5 amide bonds. The summed E-state index contributed by atoms with van der Waals surface area (Å²) in [5, 5.41) is 82.9. The fourth-order valence-corrected chi connectivity index (χ4v) is 8.93. The standard InChI is InChI=1S/C49H71N9O16.Lu/c59-40(28-55-17-19-56(29-42(62)63)21-23-58(31-44(66)67)24-22-57(20-18-55)30-43(64)65)51-27-32-8-12-35(13-9-32)45(68)52-39(26-33-10-11-34-5-1-2-6-36(34)25-33)46(69)50-16-4-3-7-37(47(70)71)53-49(74)54-38(48(72)73)14-15-41(60)61;/h1-2,5-6,10-11,25,32,35,37-39H,3-4,7-9,12-24,26-31H2,(H,50,69)(H,51,59)(H,52,68)(H,60,61)(H,62,63)(H,64,65)(H,66,67)(H,70,71)(H,72,73)(H2,53,54,74);/q;+3/p-3/i;1+2. The molecule has 3 unspecified atom stereocenters. The minimum Gasteiger partial charge on any atom is -0.550 e. The molecular formula is C49H68LuN9O16. The molecule has 4 rings (SSSR count). The maximum absolute atomic E-state index is 13.8. The second kappa shape index (κ2) is 33.3. The van der Waals surface area contributed by atoms with Crippen molar-refractivity contribution in [3.8, 4) is 0 Å². The van der Waals surface area contributed by atoms with Crippen molar-refractivity contribution in [3.63, 3.8) is 0 Å². The Labute approximate surface area is 467 Å². The van der Waals surface area contributed by atoms with Gasteiger partial charge in [0.05, 0.1) is 48.5 Å². The summed E-state index contributed by atoms with van der Waals surface area (Å²) in [7, 11) is 0. The van der Waals surface area contributed by atoms with Gasteiger partial charge in [0.2, 0.25) is 17.7 Å². The largest absolute Gasteiger partial charge is 3.00 e. The van der Waals surface area contributed by atoms with Gasteiger partial charge < -0.3 is 86.0 Å². The van der Waals surface area contributed by atoms with Gasteiger partial charge in [0.15, 0.2) is 0 Å². The molecule has 26 heteroatoms. The van der Waals surface area contributed by atoms with Crippen LogP contribution in [-0.2, 0) is 49.6 Å². The molecule has 5 N–H and O–H groups in total. The van der Waals surface area contributed by atoms with Crippen LogP contribution in [0.25, 0.3) is 10.8 Å². The SMILES string of the molecule is O=C([O-])CCC(NC(=O)NC(CCCCNC(=O)C(Cc1ccc2ccccc2c1)NC(=O)C1CCC(CNC(=O)CN2CCN(CC(=O)[O-])CCN(CC(=O)[O-])CCN(CC(=O)[O-])CC2)CC1)C(=O)[O-])C(=O)[O-].[177Lu+3].[H+].[H+].[H+]. The fraction of sp³-hybridized carbons (Fsp3) is 0.592. The smallest absolute Gasteiger partial charge is 0.550 e. The van der Waals surface area contributed by atoms with Crippen molar-refractivity contribution >= 4 is 70.3 Å². The van der Waals surface area contributed by atoms with E-state index in [9.17, 15) is 78.6 Å². The van der Waals surface area contributed by atoms with Crippen molar-refractivity contribution in [2.24, 2.45) is 11.8 Å². The van der Waals surface area contributed by atoms with Crippen LogP contribution in [0.1, 0.15) is 67.6 Å². The fourth-order valence-electron chi connectivity index (χ4n) is 8.93. The Bertz CT molecular complexity index is 2250. The van der Waals surface area contributed by atoms with Gasteiger partial charge in [-0.05, 0) is 80.0 Å². The summed E-state index contributed by atoms with van der Waals surface area (Å²) in [5.74, 6) is -10.5. The van der Waals surface area contributed by atoms with E-state index in [2.05, 4.69) is 21.3 Å². The van der Waals surface area contributed by atoms with Crippen LogP contribution in [0.5, 0.6) is 0 Å². The quantitative estimate of drug-likeness (QED) is 0.0519. The molecule has 3 atom stereocenters. The molecular weight excluding hydrogens is 1150 g/mol. The van der Waals surface area contributed by atoms with Crippen LogP contribution in [0.15, 0.2) is 42.5 Å². The number of carboxylic acids is 6. The number of rotatable bonds is 27. The number of fused-ring (bicyclic) bond motifs is 1. The van der Waals surface area contributed by atoms with E-state index in [1.165, 1.54) is 4.90 Å². The van der Waals surface area contributed by atoms with E-state index in [1.807, 2.05) is 47.8 Å². The first kappa shape index (κ1) is 63.6. The Kier molecular flexibility index (Phi) is 28.3. The third-order valence-electron chi connectivity index (χ3n) is 13.1. The Morgan fingerprint density at radius 2 is 1.04 bits per heavy atom. The third-order valence-corrected chi connectivity index (χ3v) is 13.1. The topological polar surface area (TPSA) is 382 Å². The van der Waals surface area contributed by atoms with Gasteiger partial charge >= 0.3 is 47.2 Å². The zero-order valence-electron chi connectivity index (χ0n) is 44.5. The van der Waals surface area contributed by atoms with Crippen molar-refractivity contribution in [1.29, 1.82) is 0 Å². The summed E-state index contributed by atoms with van der Waals surface area (Å²) in [6.07, 6.45) is 1.27. The molecule has 0 bridgehead atoms. The van der Waals surface area contributed by atoms with Gasteiger partial charge in [-0.1, -0.05) is 42.5 Å². The Balaban J connectivity index is 0.0000148. The average Bonchev–Trinajstić information content (AvgIpc) is 3.34. The van der Waals surface area contributed by atoms with Crippen LogP contribution in [0.2, 0.25) is 0 Å². The predicted molar refractivity (Wildman–Crippen MR) is 253 cm³/mol. The minimum atomic E-state index is -1.78. The summed E-state index contributed by atoms with van der Waals surface area (Å²) < 4.78 is 0. The van der Waals surface area contributed by atoms with Gasteiger partial charge in [0.1, 0.15) is 6.04 Å². The molecule has 1 heterocycles. The molecule has 1 aliphatic carbocycles. The molecule has 2 aromatic rings. The molecule has 1 saturated carbocycles. The zero-order valence-corrected chi connectivity index (χ0v) is 43.1. The first-order valence-corrected chi connectivity index (χ1v) is 24.7. The number of benzene rings is 2. The van der Waals surface area contributed by atoms with E-state index in [0.717, 1.165) is 16.3 Å². The van der Waals surface area contributed by atoms with Crippen LogP contribution in [0.4, 0.5) is 4.79 Å². The average molecular weight is 1220 g/mol. The van der Waals surface area contributed by atoms with E-state index in [4.69, 9.17) is 0 Å². The number of aliphatic carboxylic acids is 6. The van der Waals surface area contributed by atoms with Crippen LogP contribution in [0, 0.1) is 48.7 Å². The molecule has 2 fully saturated rings. The number of amides is 5. The van der Waals surface area contributed by atoms with Crippen molar-refractivity contribution < 1.29 is 120 Å². The summed E-state index contributed by atoms with van der Waals surface area (Å²) in [5.41, 5.74) is 0.782. The van der Waals surface area contributed by atoms with Crippen molar-refractivity contribution in [2.75, 3.05) is 91.6 Å². The Morgan fingerprint density at radius 1 is 0.547 bits per heavy atom. The molecule has 75 heavy (non-hydrogen) atoms. The molecule has 25 nitrogen and oxygen atoms in total. The van der Waals surface area contributed by atoms with E-state index in [-0.39, 0.29) is 150 Å². The van der Waals surface area contributed by atoms with Gasteiger partial charge in [-0.15, -0.1) is 0 Å². The van der Waals surface area contributed by atoms with Gasteiger partial charge in [-0.3, -0.25) is 34.0 Å². The van der Waals surface area contributed by atoms with Gasteiger partial charge in [-0.2, -0.15) is 0 Å².